The molecule has 164 valence electrons. The number of carbonyl (C=O) groups excluding carboxylic acids is 2. The summed E-state index contributed by atoms with van der Waals surface area (Å²) >= 11 is 6.38. The summed E-state index contributed by atoms with van der Waals surface area (Å²) in [7, 11) is 6.61. The van der Waals surface area contributed by atoms with Crippen LogP contribution in [0.15, 0.2) is 36.4 Å². The van der Waals surface area contributed by atoms with Crippen LogP contribution in [0, 0.1) is 0 Å². The van der Waals surface area contributed by atoms with Crippen LogP contribution < -0.4 is 14.8 Å². The number of nitrogens with one attached hydrogen (secondary N) is 1. The molecule has 0 spiro atoms. The third-order valence-electron chi connectivity index (χ3n) is 6.13. The van der Waals surface area contributed by atoms with Crippen LogP contribution in [0.4, 0.5) is 5.69 Å². The molecule has 2 amide bonds. The minimum atomic E-state index is -1.24. The van der Waals surface area contributed by atoms with Crippen LogP contribution in [-0.4, -0.2) is 62.5 Å². The summed E-state index contributed by atoms with van der Waals surface area (Å²) in [6.45, 7) is 0.586. The topological polar surface area (TPSA) is 71.1 Å². The second kappa shape index (κ2) is 8.05. The van der Waals surface area contributed by atoms with Gasteiger partial charge in [-0.1, -0.05) is 11.6 Å². The molecule has 1 fully saturated rings. The minimum Gasteiger partial charge on any atom is -0.497 e. The van der Waals surface area contributed by atoms with Crippen molar-refractivity contribution in [2.45, 2.75) is 24.4 Å². The number of rotatable bonds is 5. The van der Waals surface area contributed by atoms with E-state index in [1.54, 1.807) is 57.5 Å². The predicted octanol–water partition coefficient (Wildman–Crippen LogP) is 3.11. The van der Waals surface area contributed by atoms with Gasteiger partial charge in [-0.25, -0.2) is 0 Å². The summed E-state index contributed by atoms with van der Waals surface area (Å²) in [6, 6.07) is 10.3. The zero-order valence-corrected chi connectivity index (χ0v) is 18.8. The van der Waals surface area contributed by atoms with Crippen molar-refractivity contribution < 1.29 is 19.1 Å². The summed E-state index contributed by atoms with van der Waals surface area (Å²) in [5.74, 6) is 0.868. The van der Waals surface area contributed by atoms with Crippen molar-refractivity contribution in [3.8, 4) is 11.5 Å². The van der Waals surface area contributed by atoms with E-state index in [0.717, 1.165) is 12.0 Å². The van der Waals surface area contributed by atoms with E-state index in [4.69, 9.17) is 21.1 Å². The van der Waals surface area contributed by atoms with Crippen LogP contribution in [-0.2, 0) is 15.1 Å². The molecule has 2 aliphatic rings. The Hall–Kier alpha value is -2.77. The number of carbonyl (C=O) groups is 2. The van der Waals surface area contributed by atoms with Crippen LogP contribution in [0.1, 0.15) is 24.0 Å². The number of likely N-dealkylation sites (N-methyl/N-ethyl adjacent to an activating group) is 1. The number of amides is 2. The Kier molecular flexibility index (Phi) is 5.58. The maximum atomic E-state index is 13.8. The maximum absolute atomic E-state index is 13.8. The number of fused-ring (bicyclic) bond motifs is 1. The van der Waals surface area contributed by atoms with Gasteiger partial charge in [0, 0.05) is 43.0 Å². The molecule has 0 aromatic heterocycles. The van der Waals surface area contributed by atoms with E-state index in [9.17, 15) is 9.59 Å². The Morgan fingerprint density at radius 3 is 2.45 bits per heavy atom. The molecular weight excluding hydrogens is 418 g/mol. The van der Waals surface area contributed by atoms with E-state index >= 15 is 0 Å². The summed E-state index contributed by atoms with van der Waals surface area (Å²) in [5.41, 5.74) is 0.827. The summed E-state index contributed by atoms with van der Waals surface area (Å²) in [5, 5.41) is 3.53. The molecule has 0 radical (unpaired) electrons. The number of hydrogen-bond acceptors (Lipinski definition) is 5. The molecule has 2 heterocycles. The first-order chi connectivity index (χ1) is 14.8. The van der Waals surface area contributed by atoms with Crippen molar-refractivity contribution in [3.05, 3.63) is 52.5 Å². The lowest BCUT2D eigenvalue weighted by molar-refractivity contribution is -0.138. The van der Waals surface area contributed by atoms with Gasteiger partial charge in [0.15, 0.2) is 5.54 Å². The largest absolute Gasteiger partial charge is 0.497 e. The molecule has 4 rings (SSSR count). The lowest BCUT2D eigenvalue weighted by Crippen LogP contribution is -2.57. The molecule has 2 atom stereocenters. The average molecular weight is 444 g/mol. The number of likely N-dealkylation sites (tertiary alicyclic amines) is 1. The van der Waals surface area contributed by atoms with Gasteiger partial charge in [0.25, 0.3) is 5.91 Å². The third kappa shape index (κ3) is 3.32. The van der Waals surface area contributed by atoms with Crippen LogP contribution >= 0.6 is 11.6 Å². The first-order valence-corrected chi connectivity index (χ1v) is 10.5. The number of nitrogens with zero attached hydrogens (tertiary/aromatic N) is 2. The van der Waals surface area contributed by atoms with Gasteiger partial charge in [-0.15, -0.1) is 0 Å². The van der Waals surface area contributed by atoms with Gasteiger partial charge in [-0.05, 0) is 48.7 Å². The molecule has 0 aliphatic carbocycles. The lowest BCUT2D eigenvalue weighted by Gasteiger charge is -2.41. The van der Waals surface area contributed by atoms with Crippen molar-refractivity contribution in [2.75, 3.05) is 40.2 Å². The van der Waals surface area contributed by atoms with E-state index in [0.29, 0.717) is 40.7 Å². The van der Waals surface area contributed by atoms with Crippen LogP contribution in [0.2, 0.25) is 5.02 Å². The summed E-state index contributed by atoms with van der Waals surface area (Å²) < 4.78 is 11.0. The highest BCUT2D eigenvalue weighted by atomic mass is 35.5. The van der Waals surface area contributed by atoms with E-state index in [2.05, 4.69) is 5.32 Å². The molecule has 2 aromatic rings. The van der Waals surface area contributed by atoms with E-state index in [-0.39, 0.29) is 11.8 Å². The zero-order chi connectivity index (χ0) is 22.3. The fourth-order valence-corrected chi connectivity index (χ4v) is 4.91. The predicted molar refractivity (Wildman–Crippen MR) is 119 cm³/mol. The Morgan fingerprint density at radius 2 is 1.84 bits per heavy atom. The zero-order valence-electron chi connectivity index (χ0n) is 18.1. The molecule has 0 bridgehead atoms. The van der Waals surface area contributed by atoms with Gasteiger partial charge in [0.05, 0.1) is 20.3 Å². The number of methoxy groups -OCH3 is 2. The van der Waals surface area contributed by atoms with Crippen LogP contribution in [0.5, 0.6) is 11.5 Å². The second-order valence-electron chi connectivity index (χ2n) is 8.04. The van der Waals surface area contributed by atoms with Crippen molar-refractivity contribution in [1.29, 1.82) is 0 Å². The Morgan fingerprint density at radius 1 is 1.16 bits per heavy atom. The summed E-state index contributed by atoms with van der Waals surface area (Å²) in [4.78, 5) is 30.5. The van der Waals surface area contributed by atoms with E-state index in [1.165, 1.54) is 0 Å². The van der Waals surface area contributed by atoms with Gasteiger partial charge in [0.1, 0.15) is 11.5 Å². The maximum Gasteiger partial charge on any atom is 0.254 e. The van der Waals surface area contributed by atoms with Crippen molar-refractivity contribution in [1.82, 2.24) is 9.80 Å². The van der Waals surface area contributed by atoms with Crippen molar-refractivity contribution >= 4 is 29.1 Å². The Bertz CT molecular complexity index is 1020. The quantitative estimate of drug-likeness (QED) is 0.768. The highest BCUT2D eigenvalue weighted by Crippen LogP contribution is 2.50. The Labute approximate surface area is 186 Å². The van der Waals surface area contributed by atoms with Gasteiger partial charge < -0.3 is 19.7 Å². The fraction of sp³-hybridized carbons (Fsp3) is 0.391. The molecule has 8 heteroatoms. The molecule has 31 heavy (non-hydrogen) atoms. The molecular formula is C23H26ClN3O4. The lowest BCUT2D eigenvalue weighted by atomic mass is 9.81. The number of ether oxygens (including phenoxy) is 2. The molecule has 1 N–H and O–H groups in total. The molecule has 7 nitrogen and oxygen atoms in total. The smallest absolute Gasteiger partial charge is 0.254 e. The normalized spacial score (nSPS) is 22.7. The third-order valence-corrected chi connectivity index (χ3v) is 6.36. The highest BCUT2D eigenvalue weighted by molar-refractivity contribution is 6.31. The molecule has 1 saturated heterocycles. The molecule has 1 unspecified atom stereocenters. The first-order valence-electron chi connectivity index (χ1n) is 10.2. The average Bonchev–Trinajstić information content (AvgIpc) is 3.35. The number of benzene rings is 2. The van der Waals surface area contributed by atoms with Crippen molar-refractivity contribution in [2.24, 2.45) is 0 Å². The molecule has 2 aromatic carbocycles. The van der Waals surface area contributed by atoms with E-state index in [1.807, 2.05) is 17.0 Å². The van der Waals surface area contributed by atoms with Gasteiger partial charge in [-0.3, -0.25) is 14.5 Å². The second-order valence-corrected chi connectivity index (χ2v) is 8.48. The highest BCUT2D eigenvalue weighted by Gasteiger charge is 2.57. The van der Waals surface area contributed by atoms with Gasteiger partial charge in [0.2, 0.25) is 5.91 Å². The number of anilines is 1. The van der Waals surface area contributed by atoms with Crippen LogP contribution in [0.25, 0.3) is 0 Å². The standard InChI is InChI=1S/C23H26ClN3O4/c1-26(2)21(28)20-6-5-9-27(20)23(14-10-16(30-3)13-17(11-14)31-4)18-12-15(24)7-8-19(18)25-22(23)29/h7-8,10-13,20H,5-6,9H2,1-4H3,(H,25,29)/t20-,23?/m0/s1. The van der Waals surface area contributed by atoms with E-state index < -0.39 is 11.6 Å². The molecule has 0 saturated carbocycles. The first kappa shape index (κ1) is 21.5. The number of halogens is 1. The van der Waals surface area contributed by atoms with Gasteiger partial charge in [-0.2, -0.15) is 0 Å². The Balaban J connectivity index is 2.02. The summed E-state index contributed by atoms with van der Waals surface area (Å²) in [6.07, 6.45) is 1.47. The SMILES string of the molecule is COc1cc(OC)cc(C2(N3CCC[C@H]3C(=O)N(C)C)C(=O)Nc3ccc(Cl)cc32)c1. The number of hydrogen-bond donors (Lipinski definition) is 1. The van der Waals surface area contributed by atoms with Gasteiger partial charge >= 0.3 is 0 Å². The van der Waals surface area contributed by atoms with Crippen molar-refractivity contribution in [3.63, 3.8) is 0 Å². The minimum absolute atomic E-state index is 0.0324. The van der Waals surface area contributed by atoms with Crippen LogP contribution in [0.3, 0.4) is 0 Å². The molecule has 2 aliphatic heterocycles. The fourth-order valence-electron chi connectivity index (χ4n) is 4.74. The monoisotopic (exact) mass is 443 g/mol.